The van der Waals surface area contributed by atoms with Gasteiger partial charge in [0.1, 0.15) is 5.54 Å². The van der Waals surface area contributed by atoms with Gasteiger partial charge in [0.15, 0.2) is 0 Å². The van der Waals surface area contributed by atoms with E-state index in [1.165, 1.54) is 4.88 Å². The number of urea groups is 1. The Balaban J connectivity index is 1.92. The molecule has 1 aliphatic rings. The van der Waals surface area contributed by atoms with Crippen LogP contribution in [0.3, 0.4) is 0 Å². The third-order valence-electron chi connectivity index (χ3n) is 3.50. The van der Waals surface area contributed by atoms with Crippen molar-refractivity contribution in [2.75, 3.05) is 0 Å². The van der Waals surface area contributed by atoms with Crippen LogP contribution in [0.5, 0.6) is 0 Å². The van der Waals surface area contributed by atoms with Crippen molar-refractivity contribution < 1.29 is 14.7 Å². The molecular formula is C13H18N2O3S. The molecule has 0 bridgehead atoms. The minimum atomic E-state index is -1.06. The predicted molar refractivity (Wildman–Crippen MR) is 73.4 cm³/mol. The molecule has 0 aliphatic heterocycles. The fourth-order valence-electron chi connectivity index (χ4n) is 2.13. The number of carboxylic acid groups (broad SMARTS) is 1. The van der Waals surface area contributed by atoms with Gasteiger partial charge in [-0.1, -0.05) is 0 Å². The second-order valence-electron chi connectivity index (χ2n) is 5.01. The SMILES string of the molecule is Cc1ccc(C(C)NC(=O)NC2(C(=O)O)CCC2)s1. The van der Waals surface area contributed by atoms with Gasteiger partial charge in [0.25, 0.3) is 0 Å². The van der Waals surface area contributed by atoms with E-state index in [-0.39, 0.29) is 6.04 Å². The smallest absolute Gasteiger partial charge is 0.329 e. The van der Waals surface area contributed by atoms with Crippen LogP contribution in [0.2, 0.25) is 0 Å². The molecule has 1 heterocycles. The summed E-state index contributed by atoms with van der Waals surface area (Å²) >= 11 is 1.62. The average Bonchev–Trinajstić information content (AvgIpc) is 2.69. The molecule has 0 radical (unpaired) electrons. The summed E-state index contributed by atoms with van der Waals surface area (Å²) in [5, 5.41) is 14.5. The Morgan fingerprint density at radius 3 is 2.53 bits per heavy atom. The fourth-order valence-corrected chi connectivity index (χ4v) is 3.01. The van der Waals surface area contributed by atoms with Gasteiger partial charge in [-0.05, 0) is 45.2 Å². The molecule has 3 N–H and O–H groups in total. The van der Waals surface area contributed by atoms with E-state index in [1.54, 1.807) is 11.3 Å². The minimum absolute atomic E-state index is 0.121. The van der Waals surface area contributed by atoms with Crippen molar-refractivity contribution >= 4 is 23.3 Å². The number of thiophene rings is 1. The van der Waals surface area contributed by atoms with Gasteiger partial charge in [-0.2, -0.15) is 0 Å². The third-order valence-corrected chi connectivity index (χ3v) is 4.69. The first-order valence-corrected chi connectivity index (χ1v) is 7.13. The predicted octanol–water partition coefficient (Wildman–Crippen LogP) is 2.42. The second kappa shape index (κ2) is 5.21. The first kappa shape index (κ1) is 13.9. The average molecular weight is 282 g/mol. The Labute approximate surface area is 116 Å². The van der Waals surface area contributed by atoms with Crippen LogP contribution in [0, 0.1) is 6.92 Å². The number of hydrogen-bond acceptors (Lipinski definition) is 3. The number of carbonyl (C=O) groups is 2. The van der Waals surface area contributed by atoms with Crippen LogP contribution in [-0.4, -0.2) is 22.6 Å². The first-order chi connectivity index (χ1) is 8.93. The van der Waals surface area contributed by atoms with E-state index in [0.717, 1.165) is 11.3 Å². The summed E-state index contributed by atoms with van der Waals surface area (Å²) in [5.74, 6) is -0.950. The minimum Gasteiger partial charge on any atom is -0.480 e. The normalized spacial score (nSPS) is 18.2. The van der Waals surface area contributed by atoms with Crippen molar-refractivity contribution in [2.45, 2.75) is 44.7 Å². The van der Waals surface area contributed by atoms with Crippen molar-refractivity contribution in [2.24, 2.45) is 0 Å². The molecule has 0 aromatic carbocycles. The Kier molecular flexibility index (Phi) is 3.80. The topological polar surface area (TPSA) is 78.4 Å². The summed E-state index contributed by atoms with van der Waals surface area (Å²) in [6.07, 6.45) is 1.84. The highest BCUT2D eigenvalue weighted by atomic mass is 32.1. The van der Waals surface area contributed by atoms with Crippen LogP contribution < -0.4 is 10.6 Å². The Bertz CT molecular complexity index is 494. The van der Waals surface area contributed by atoms with E-state index >= 15 is 0 Å². The first-order valence-electron chi connectivity index (χ1n) is 6.31. The molecule has 6 heteroatoms. The highest BCUT2D eigenvalue weighted by Crippen LogP contribution is 2.32. The molecule has 1 atom stereocenters. The number of hydrogen-bond donors (Lipinski definition) is 3. The van der Waals surface area contributed by atoms with Crippen molar-refractivity contribution in [1.29, 1.82) is 0 Å². The lowest BCUT2D eigenvalue weighted by molar-refractivity contribution is -0.148. The number of carboxylic acids is 1. The van der Waals surface area contributed by atoms with Crippen LogP contribution >= 0.6 is 11.3 Å². The lowest BCUT2D eigenvalue weighted by Crippen LogP contribution is -2.61. The van der Waals surface area contributed by atoms with Gasteiger partial charge in [0.2, 0.25) is 0 Å². The molecule has 1 aromatic rings. The maximum absolute atomic E-state index is 11.9. The summed E-state index contributed by atoms with van der Waals surface area (Å²) in [5.41, 5.74) is -1.06. The van der Waals surface area contributed by atoms with E-state index in [0.29, 0.717) is 12.8 Å². The monoisotopic (exact) mass is 282 g/mol. The largest absolute Gasteiger partial charge is 0.480 e. The standard InChI is InChI=1S/C13H18N2O3S/c1-8-4-5-10(19-8)9(2)14-12(18)15-13(11(16)17)6-3-7-13/h4-5,9H,3,6-7H2,1-2H3,(H,16,17)(H2,14,15,18). The maximum atomic E-state index is 11.9. The molecule has 5 nitrogen and oxygen atoms in total. The molecular weight excluding hydrogens is 264 g/mol. The summed E-state index contributed by atoms with van der Waals surface area (Å²) in [6, 6.07) is 3.44. The molecule has 2 rings (SSSR count). The van der Waals surface area contributed by atoms with Crippen molar-refractivity contribution in [3.63, 3.8) is 0 Å². The number of carbonyl (C=O) groups excluding carboxylic acids is 1. The van der Waals surface area contributed by atoms with Gasteiger partial charge in [-0.3, -0.25) is 0 Å². The second-order valence-corrected chi connectivity index (χ2v) is 6.33. The van der Waals surface area contributed by atoms with Gasteiger partial charge in [0, 0.05) is 9.75 Å². The molecule has 0 spiro atoms. The molecule has 1 fully saturated rings. The van der Waals surface area contributed by atoms with Crippen molar-refractivity contribution in [3.05, 3.63) is 21.9 Å². The Morgan fingerprint density at radius 2 is 2.11 bits per heavy atom. The molecule has 104 valence electrons. The highest BCUT2D eigenvalue weighted by molar-refractivity contribution is 7.12. The number of aliphatic carboxylic acids is 1. The van der Waals surface area contributed by atoms with Crippen LogP contribution in [0.4, 0.5) is 4.79 Å². The summed E-state index contributed by atoms with van der Waals surface area (Å²) in [6.45, 7) is 3.90. The van der Waals surface area contributed by atoms with Gasteiger partial charge >= 0.3 is 12.0 Å². The molecule has 2 amide bonds. The lowest BCUT2D eigenvalue weighted by Gasteiger charge is -2.38. The Morgan fingerprint density at radius 1 is 1.42 bits per heavy atom. The van der Waals surface area contributed by atoms with E-state index in [4.69, 9.17) is 5.11 Å². The van der Waals surface area contributed by atoms with Gasteiger partial charge < -0.3 is 15.7 Å². The van der Waals surface area contributed by atoms with E-state index < -0.39 is 17.5 Å². The number of rotatable bonds is 4. The number of amides is 2. The molecule has 19 heavy (non-hydrogen) atoms. The number of aryl methyl sites for hydroxylation is 1. The maximum Gasteiger partial charge on any atom is 0.329 e. The van der Waals surface area contributed by atoms with E-state index in [1.807, 2.05) is 26.0 Å². The zero-order valence-electron chi connectivity index (χ0n) is 11.0. The zero-order valence-corrected chi connectivity index (χ0v) is 11.8. The fraction of sp³-hybridized carbons (Fsp3) is 0.538. The molecule has 1 aromatic heterocycles. The van der Waals surface area contributed by atoms with Gasteiger partial charge in [0.05, 0.1) is 6.04 Å². The molecule has 1 saturated carbocycles. The molecule has 1 unspecified atom stereocenters. The summed E-state index contributed by atoms with van der Waals surface area (Å²) in [7, 11) is 0. The molecule has 0 saturated heterocycles. The van der Waals surface area contributed by atoms with E-state index in [9.17, 15) is 9.59 Å². The van der Waals surface area contributed by atoms with E-state index in [2.05, 4.69) is 10.6 Å². The van der Waals surface area contributed by atoms with Gasteiger partial charge in [-0.15, -0.1) is 11.3 Å². The summed E-state index contributed by atoms with van der Waals surface area (Å²) < 4.78 is 0. The lowest BCUT2D eigenvalue weighted by atomic mass is 9.77. The third kappa shape index (κ3) is 2.89. The highest BCUT2D eigenvalue weighted by Gasteiger charge is 2.45. The number of nitrogens with one attached hydrogen (secondary N) is 2. The zero-order chi connectivity index (χ0) is 14.0. The van der Waals surface area contributed by atoms with Gasteiger partial charge in [-0.25, -0.2) is 9.59 Å². The quantitative estimate of drug-likeness (QED) is 0.793. The van der Waals surface area contributed by atoms with Crippen LogP contribution in [-0.2, 0) is 4.79 Å². The Hall–Kier alpha value is -1.56. The van der Waals surface area contributed by atoms with Crippen molar-refractivity contribution in [3.8, 4) is 0 Å². The van der Waals surface area contributed by atoms with Crippen molar-refractivity contribution in [1.82, 2.24) is 10.6 Å². The molecule has 1 aliphatic carbocycles. The summed E-state index contributed by atoms with van der Waals surface area (Å²) in [4.78, 5) is 25.3. The van der Waals surface area contributed by atoms with Crippen LogP contribution in [0.1, 0.15) is 42.0 Å². The van der Waals surface area contributed by atoms with Crippen LogP contribution in [0.15, 0.2) is 12.1 Å². The van der Waals surface area contributed by atoms with Crippen LogP contribution in [0.25, 0.3) is 0 Å².